The molecule has 5 nitrogen and oxygen atoms in total. The third-order valence-corrected chi connectivity index (χ3v) is 5.53. The number of carbonyl (C=O) groups is 1. The summed E-state index contributed by atoms with van der Waals surface area (Å²) in [6.07, 6.45) is 4.89. The first-order valence-corrected chi connectivity index (χ1v) is 9.50. The van der Waals surface area contributed by atoms with Gasteiger partial charge in [-0.1, -0.05) is 30.3 Å². The van der Waals surface area contributed by atoms with Crippen LogP contribution in [0.25, 0.3) is 0 Å². The number of furan rings is 1. The smallest absolute Gasteiger partial charge is 0.255 e. The highest BCUT2D eigenvalue weighted by molar-refractivity contribution is 5.97. The van der Waals surface area contributed by atoms with Gasteiger partial charge in [-0.05, 0) is 45.6 Å². The lowest BCUT2D eigenvalue weighted by Crippen LogP contribution is -2.31. The van der Waals surface area contributed by atoms with Crippen LogP contribution in [0.1, 0.15) is 63.1 Å². The normalized spacial score (nSPS) is 16.2. The van der Waals surface area contributed by atoms with E-state index in [1.54, 1.807) is 0 Å². The third-order valence-electron chi connectivity index (χ3n) is 5.53. The minimum atomic E-state index is -0.0597. The maximum Gasteiger partial charge on any atom is 0.255 e. The van der Waals surface area contributed by atoms with Gasteiger partial charge in [0.2, 0.25) is 0 Å². The Morgan fingerprint density at radius 1 is 1.22 bits per heavy atom. The van der Waals surface area contributed by atoms with Crippen molar-refractivity contribution in [3.05, 3.63) is 76.0 Å². The fraction of sp³-hybridized carbons (Fsp3) is 0.364. The van der Waals surface area contributed by atoms with E-state index >= 15 is 0 Å². The van der Waals surface area contributed by atoms with E-state index in [9.17, 15) is 4.79 Å². The average molecular weight is 363 g/mol. The Labute approximate surface area is 159 Å². The SMILES string of the molecule is Cc1oc(C)c(C(=O)N[C@H]2CCCc3c2cnn3Cc2ccccc2)c1C. The molecule has 0 saturated carbocycles. The molecule has 1 amide bonds. The number of fused-ring (bicyclic) bond motifs is 1. The largest absolute Gasteiger partial charge is 0.466 e. The summed E-state index contributed by atoms with van der Waals surface area (Å²) < 4.78 is 7.69. The quantitative estimate of drug-likeness (QED) is 0.753. The molecule has 1 N–H and O–H groups in total. The Morgan fingerprint density at radius 2 is 2.00 bits per heavy atom. The Bertz CT molecular complexity index is 969. The van der Waals surface area contributed by atoms with Crippen molar-refractivity contribution in [3.63, 3.8) is 0 Å². The number of hydrogen-bond donors (Lipinski definition) is 1. The predicted molar refractivity (Wildman–Crippen MR) is 104 cm³/mol. The van der Waals surface area contributed by atoms with Gasteiger partial charge in [-0.15, -0.1) is 0 Å². The summed E-state index contributed by atoms with van der Waals surface area (Å²) in [5.41, 5.74) is 5.18. The van der Waals surface area contributed by atoms with Crippen molar-refractivity contribution in [1.29, 1.82) is 0 Å². The van der Waals surface area contributed by atoms with Gasteiger partial charge in [0.05, 0.1) is 24.3 Å². The molecule has 1 atom stereocenters. The summed E-state index contributed by atoms with van der Waals surface area (Å²) in [6.45, 7) is 6.44. The molecule has 4 rings (SSSR count). The number of nitrogens with zero attached hydrogens (tertiary/aromatic N) is 2. The second-order valence-electron chi connectivity index (χ2n) is 7.32. The molecule has 0 fully saturated rings. The van der Waals surface area contributed by atoms with Gasteiger partial charge in [0, 0.05) is 16.8 Å². The number of hydrogen-bond acceptors (Lipinski definition) is 3. The highest BCUT2D eigenvalue weighted by atomic mass is 16.3. The lowest BCUT2D eigenvalue weighted by Gasteiger charge is -2.24. The van der Waals surface area contributed by atoms with E-state index < -0.39 is 0 Å². The van der Waals surface area contributed by atoms with Crippen molar-refractivity contribution < 1.29 is 9.21 Å². The van der Waals surface area contributed by atoms with E-state index in [4.69, 9.17) is 4.42 Å². The molecule has 0 bridgehead atoms. The molecular weight excluding hydrogens is 338 g/mol. The van der Waals surface area contributed by atoms with Crippen LogP contribution in [-0.2, 0) is 13.0 Å². The molecule has 2 aromatic heterocycles. The standard InChI is InChI=1S/C22H25N3O2/c1-14-15(2)27-16(3)21(14)22(26)24-19-10-7-11-20-18(19)12-23-25(20)13-17-8-5-4-6-9-17/h4-6,8-9,12,19H,7,10-11,13H2,1-3H3,(H,24,26)/t19-/m0/s1. The van der Waals surface area contributed by atoms with Crippen LogP contribution in [-0.4, -0.2) is 15.7 Å². The minimum absolute atomic E-state index is 0.000204. The number of carbonyl (C=O) groups excluding carboxylic acids is 1. The van der Waals surface area contributed by atoms with Crippen LogP contribution >= 0.6 is 0 Å². The Morgan fingerprint density at radius 3 is 2.70 bits per heavy atom. The summed E-state index contributed by atoms with van der Waals surface area (Å²) in [6, 6.07) is 10.3. The summed E-state index contributed by atoms with van der Waals surface area (Å²) in [5, 5.41) is 7.82. The second kappa shape index (κ2) is 7.06. The molecule has 0 saturated heterocycles. The summed E-state index contributed by atoms with van der Waals surface area (Å²) in [4.78, 5) is 12.9. The highest BCUT2D eigenvalue weighted by Gasteiger charge is 2.28. The fourth-order valence-corrected chi connectivity index (χ4v) is 4.02. The number of nitrogens with one attached hydrogen (secondary N) is 1. The topological polar surface area (TPSA) is 60.1 Å². The Kier molecular flexibility index (Phi) is 4.60. The molecule has 140 valence electrons. The first-order valence-electron chi connectivity index (χ1n) is 9.50. The second-order valence-corrected chi connectivity index (χ2v) is 7.32. The van der Waals surface area contributed by atoms with E-state index in [1.165, 1.54) is 11.3 Å². The van der Waals surface area contributed by atoms with Gasteiger partial charge in [0.15, 0.2) is 0 Å². The maximum absolute atomic E-state index is 12.9. The molecular formula is C22H25N3O2. The predicted octanol–water partition coefficient (Wildman–Crippen LogP) is 4.26. The van der Waals surface area contributed by atoms with Gasteiger partial charge < -0.3 is 9.73 Å². The Hall–Kier alpha value is -2.82. The van der Waals surface area contributed by atoms with Crippen molar-refractivity contribution in [2.75, 3.05) is 0 Å². The summed E-state index contributed by atoms with van der Waals surface area (Å²) in [7, 11) is 0. The molecule has 3 aromatic rings. The van der Waals surface area contributed by atoms with E-state index in [1.807, 2.05) is 45.2 Å². The third kappa shape index (κ3) is 3.29. The van der Waals surface area contributed by atoms with Crippen molar-refractivity contribution >= 4 is 5.91 Å². The molecule has 1 aliphatic carbocycles. The van der Waals surface area contributed by atoms with Crippen LogP contribution in [0.5, 0.6) is 0 Å². The zero-order chi connectivity index (χ0) is 19.0. The first kappa shape index (κ1) is 17.6. The molecule has 0 unspecified atom stereocenters. The van der Waals surface area contributed by atoms with Gasteiger partial charge >= 0.3 is 0 Å². The zero-order valence-corrected chi connectivity index (χ0v) is 16.1. The molecule has 27 heavy (non-hydrogen) atoms. The number of benzene rings is 1. The zero-order valence-electron chi connectivity index (χ0n) is 16.1. The molecule has 2 heterocycles. The summed E-state index contributed by atoms with van der Waals surface area (Å²) >= 11 is 0. The number of amides is 1. The summed E-state index contributed by atoms with van der Waals surface area (Å²) in [5.74, 6) is 1.42. The Balaban J connectivity index is 1.56. The van der Waals surface area contributed by atoms with Gasteiger partial charge in [-0.3, -0.25) is 9.48 Å². The van der Waals surface area contributed by atoms with Gasteiger partial charge in [-0.25, -0.2) is 0 Å². The number of aromatic nitrogens is 2. The number of rotatable bonds is 4. The van der Waals surface area contributed by atoms with Crippen LogP contribution in [0.15, 0.2) is 40.9 Å². The van der Waals surface area contributed by atoms with Crippen LogP contribution in [0.3, 0.4) is 0 Å². The molecule has 0 aliphatic heterocycles. The van der Waals surface area contributed by atoms with Crippen LogP contribution < -0.4 is 5.32 Å². The van der Waals surface area contributed by atoms with Gasteiger partial charge in [-0.2, -0.15) is 5.10 Å². The van der Waals surface area contributed by atoms with E-state index in [0.29, 0.717) is 11.3 Å². The average Bonchev–Trinajstić information content (AvgIpc) is 3.17. The van der Waals surface area contributed by atoms with E-state index in [0.717, 1.165) is 42.7 Å². The van der Waals surface area contributed by atoms with Crippen molar-refractivity contribution in [2.45, 2.75) is 52.6 Å². The molecule has 5 heteroatoms. The van der Waals surface area contributed by atoms with Crippen LogP contribution in [0.2, 0.25) is 0 Å². The van der Waals surface area contributed by atoms with Crippen molar-refractivity contribution in [3.8, 4) is 0 Å². The van der Waals surface area contributed by atoms with Crippen molar-refractivity contribution in [1.82, 2.24) is 15.1 Å². The molecule has 1 aliphatic rings. The van der Waals surface area contributed by atoms with Crippen LogP contribution in [0, 0.1) is 20.8 Å². The fourth-order valence-electron chi connectivity index (χ4n) is 4.02. The van der Waals surface area contributed by atoms with Crippen molar-refractivity contribution in [2.24, 2.45) is 0 Å². The monoisotopic (exact) mass is 363 g/mol. The number of aryl methyl sites for hydroxylation is 2. The van der Waals surface area contributed by atoms with E-state index in [2.05, 4.69) is 27.2 Å². The molecule has 1 aromatic carbocycles. The lowest BCUT2D eigenvalue weighted by atomic mass is 9.92. The lowest BCUT2D eigenvalue weighted by molar-refractivity contribution is 0.0930. The van der Waals surface area contributed by atoms with E-state index in [-0.39, 0.29) is 11.9 Å². The minimum Gasteiger partial charge on any atom is -0.466 e. The molecule has 0 radical (unpaired) electrons. The van der Waals surface area contributed by atoms with Crippen LogP contribution in [0.4, 0.5) is 0 Å². The van der Waals surface area contributed by atoms with Gasteiger partial charge in [0.1, 0.15) is 11.5 Å². The first-order chi connectivity index (χ1) is 13.0. The van der Waals surface area contributed by atoms with Gasteiger partial charge in [0.25, 0.3) is 5.91 Å². The highest BCUT2D eigenvalue weighted by Crippen LogP contribution is 2.31. The maximum atomic E-state index is 12.9. The molecule has 0 spiro atoms.